The van der Waals surface area contributed by atoms with Crippen molar-refractivity contribution in [2.45, 2.75) is 32.7 Å². The fraction of sp³-hybridized carbons (Fsp3) is 0.333. The molecule has 4 heterocycles. The average Bonchev–Trinajstić information content (AvgIpc) is 3.27. The van der Waals surface area contributed by atoms with Gasteiger partial charge in [-0.15, -0.1) is 5.10 Å². The summed E-state index contributed by atoms with van der Waals surface area (Å²) in [6.45, 7) is 5.90. The predicted molar refractivity (Wildman–Crippen MR) is 122 cm³/mol. The minimum atomic E-state index is 0.400. The quantitative estimate of drug-likeness (QED) is 0.501. The third-order valence-electron chi connectivity index (χ3n) is 5.28. The van der Waals surface area contributed by atoms with E-state index in [0.29, 0.717) is 6.04 Å². The Balaban J connectivity index is 1.23. The van der Waals surface area contributed by atoms with E-state index in [9.17, 15) is 0 Å². The topological polar surface area (TPSA) is 71.2 Å². The van der Waals surface area contributed by atoms with Gasteiger partial charge in [0.05, 0.1) is 11.9 Å². The van der Waals surface area contributed by atoms with Crippen molar-refractivity contribution in [3.05, 3.63) is 53.1 Å². The summed E-state index contributed by atoms with van der Waals surface area (Å²) in [6, 6.07) is 10.2. The first-order valence-electron chi connectivity index (χ1n) is 9.99. The van der Waals surface area contributed by atoms with Crippen molar-refractivity contribution in [1.82, 2.24) is 24.6 Å². The molecule has 0 amide bonds. The maximum Gasteiger partial charge on any atom is 0.214 e. The Bertz CT molecular complexity index is 1120. The molecule has 1 aromatic carbocycles. The van der Waals surface area contributed by atoms with Crippen LogP contribution in [0.3, 0.4) is 0 Å². The Morgan fingerprint density at radius 3 is 2.53 bits per heavy atom. The van der Waals surface area contributed by atoms with E-state index >= 15 is 0 Å². The summed E-state index contributed by atoms with van der Waals surface area (Å²) >= 11 is 7.55. The molecule has 0 unspecified atom stereocenters. The number of piperidine rings is 1. The van der Waals surface area contributed by atoms with Gasteiger partial charge in [-0.3, -0.25) is 0 Å². The zero-order valence-electron chi connectivity index (χ0n) is 16.8. The lowest BCUT2D eigenvalue weighted by Gasteiger charge is -2.33. The van der Waals surface area contributed by atoms with Gasteiger partial charge in [0.1, 0.15) is 11.6 Å². The molecule has 1 aliphatic heterocycles. The molecule has 0 bridgehead atoms. The fourth-order valence-electron chi connectivity index (χ4n) is 3.81. The third kappa shape index (κ3) is 3.97. The lowest BCUT2D eigenvalue weighted by Crippen LogP contribution is -2.39. The largest absolute Gasteiger partial charge is 0.357 e. The number of nitrogens with zero attached hydrogens (tertiary/aromatic N) is 6. The van der Waals surface area contributed by atoms with Crippen molar-refractivity contribution < 1.29 is 0 Å². The van der Waals surface area contributed by atoms with Gasteiger partial charge in [0, 0.05) is 41.5 Å². The molecule has 0 atom stereocenters. The van der Waals surface area contributed by atoms with E-state index < -0.39 is 0 Å². The van der Waals surface area contributed by atoms with E-state index in [1.807, 2.05) is 48.8 Å². The van der Waals surface area contributed by atoms with Crippen LogP contribution in [0.1, 0.15) is 24.4 Å². The van der Waals surface area contributed by atoms with Crippen LogP contribution in [-0.2, 0) is 0 Å². The smallest absolute Gasteiger partial charge is 0.214 e. The highest BCUT2D eigenvalue weighted by molar-refractivity contribution is 7.20. The van der Waals surface area contributed by atoms with E-state index in [4.69, 9.17) is 16.6 Å². The van der Waals surface area contributed by atoms with E-state index in [-0.39, 0.29) is 0 Å². The van der Waals surface area contributed by atoms with Gasteiger partial charge >= 0.3 is 0 Å². The summed E-state index contributed by atoms with van der Waals surface area (Å²) < 4.78 is 1.85. The van der Waals surface area contributed by atoms with Gasteiger partial charge in [-0.25, -0.2) is 19.5 Å². The Morgan fingerprint density at radius 1 is 1.07 bits per heavy atom. The third-order valence-corrected chi connectivity index (χ3v) is 6.39. The number of benzene rings is 1. The molecule has 30 heavy (non-hydrogen) atoms. The Hall–Kier alpha value is -2.71. The van der Waals surface area contributed by atoms with E-state index in [1.165, 1.54) is 0 Å². The van der Waals surface area contributed by atoms with E-state index in [1.54, 1.807) is 11.3 Å². The second-order valence-electron chi connectivity index (χ2n) is 7.59. The summed E-state index contributed by atoms with van der Waals surface area (Å²) in [4.78, 5) is 16.9. The van der Waals surface area contributed by atoms with Crippen LogP contribution in [0.15, 0.2) is 36.5 Å². The molecular weight excluding hydrogens is 418 g/mol. The number of halogens is 1. The lowest BCUT2D eigenvalue weighted by atomic mass is 10.1. The molecule has 4 aromatic rings. The summed E-state index contributed by atoms with van der Waals surface area (Å²) in [7, 11) is 0. The van der Waals surface area contributed by atoms with Crippen LogP contribution in [-0.4, -0.2) is 43.7 Å². The second-order valence-corrected chi connectivity index (χ2v) is 8.98. The summed E-state index contributed by atoms with van der Waals surface area (Å²) in [5.41, 5.74) is 2.96. The number of hydrogen-bond acceptors (Lipinski definition) is 7. The zero-order valence-corrected chi connectivity index (χ0v) is 18.4. The number of aryl methyl sites for hydroxylation is 2. The molecular formula is C21H22ClN7S. The summed E-state index contributed by atoms with van der Waals surface area (Å²) in [6.07, 6.45) is 4.04. The number of nitrogens with one attached hydrogen (secondary N) is 1. The second kappa shape index (κ2) is 7.85. The molecule has 1 N–H and O–H groups in total. The van der Waals surface area contributed by atoms with Crippen molar-refractivity contribution >= 4 is 38.8 Å². The molecule has 1 fully saturated rings. The van der Waals surface area contributed by atoms with Crippen LogP contribution in [0.4, 0.5) is 10.9 Å². The highest BCUT2D eigenvalue weighted by Crippen LogP contribution is 2.27. The first-order valence-corrected chi connectivity index (χ1v) is 11.2. The van der Waals surface area contributed by atoms with Crippen molar-refractivity contribution in [1.29, 1.82) is 0 Å². The Labute approximate surface area is 183 Å². The Morgan fingerprint density at radius 2 is 1.83 bits per heavy atom. The predicted octanol–water partition coefficient (Wildman–Crippen LogP) is 4.60. The average molecular weight is 440 g/mol. The molecule has 0 radical (unpaired) electrons. The highest BCUT2D eigenvalue weighted by atomic mass is 35.5. The zero-order chi connectivity index (χ0) is 20.7. The fourth-order valence-corrected chi connectivity index (χ4v) is 4.79. The molecule has 3 aromatic heterocycles. The SMILES string of the molecule is Cc1cc(N2CCC(Nc3nn4cc(-c5ccc(Cl)cc5)nc4s3)CC2)nc(C)n1. The van der Waals surface area contributed by atoms with Crippen LogP contribution in [0.2, 0.25) is 5.02 Å². The van der Waals surface area contributed by atoms with Crippen LogP contribution in [0.5, 0.6) is 0 Å². The normalized spacial score (nSPS) is 15.1. The number of aromatic nitrogens is 5. The van der Waals surface area contributed by atoms with E-state index in [0.717, 1.165) is 69.6 Å². The van der Waals surface area contributed by atoms with Crippen LogP contribution >= 0.6 is 22.9 Å². The van der Waals surface area contributed by atoms with Gasteiger partial charge in [0.15, 0.2) is 0 Å². The molecule has 154 valence electrons. The molecule has 5 rings (SSSR count). The molecule has 1 aliphatic rings. The van der Waals surface area contributed by atoms with Gasteiger partial charge in [-0.2, -0.15) is 0 Å². The summed E-state index contributed by atoms with van der Waals surface area (Å²) in [5.74, 6) is 1.86. The number of fused-ring (bicyclic) bond motifs is 1. The van der Waals surface area contributed by atoms with Gasteiger partial charge < -0.3 is 10.2 Å². The van der Waals surface area contributed by atoms with Crippen molar-refractivity contribution in [2.24, 2.45) is 0 Å². The van der Waals surface area contributed by atoms with E-state index in [2.05, 4.69) is 31.3 Å². The van der Waals surface area contributed by atoms with Gasteiger partial charge in [-0.1, -0.05) is 35.1 Å². The molecule has 9 heteroatoms. The molecule has 1 saturated heterocycles. The minimum absolute atomic E-state index is 0.400. The Kier molecular flexibility index (Phi) is 5.04. The monoisotopic (exact) mass is 439 g/mol. The minimum Gasteiger partial charge on any atom is -0.357 e. The van der Waals surface area contributed by atoms with Gasteiger partial charge in [0.2, 0.25) is 10.1 Å². The lowest BCUT2D eigenvalue weighted by molar-refractivity contribution is 0.522. The molecule has 0 aliphatic carbocycles. The van der Waals surface area contributed by atoms with Crippen molar-refractivity contribution in [3.8, 4) is 11.3 Å². The molecule has 0 spiro atoms. The van der Waals surface area contributed by atoms with Crippen LogP contribution < -0.4 is 10.2 Å². The maximum absolute atomic E-state index is 5.97. The number of hydrogen-bond donors (Lipinski definition) is 1. The van der Waals surface area contributed by atoms with Gasteiger partial charge in [0.25, 0.3) is 0 Å². The molecule has 7 nitrogen and oxygen atoms in total. The maximum atomic E-state index is 5.97. The first-order chi connectivity index (χ1) is 14.5. The van der Waals surface area contributed by atoms with Crippen molar-refractivity contribution in [2.75, 3.05) is 23.3 Å². The van der Waals surface area contributed by atoms with Crippen LogP contribution in [0.25, 0.3) is 16.2 Å². The molecule has 0 saturated carbocycles. The van der Waals surface area contributed by atoms with Gasteiger partial charge in [-0.05, 0) is 38.8 Å². The number of imidazole rings is 1. The summed E-state index contributed by atoms with van der Waals surface area (Å²) in [5, 5.41) is 9.89. The van der Waals surface area contributed by atoms with Crippen LogP contribution in [0, 0.1) is 13.8 Å². The number of rotatable bonds is 4. The standard InChI is InChI=1S/C21H22ClN7S/c1-13-11-19(24-14(2)23-13)28-9-7-17(8-10-28)25-20-27-29-12-18(26-21(29)30-20)15-3-5-16(22)6-4-15/h3-6,11-12,17H,7-10H2,1-2H3,(H,25,27). The first kappa shape index (κ1) is 19.3. The highest BCUT2D eigenvalue weighted by Gasteiger charge is 2.22. The van der Waals surface area contributed by atoms with Crippen molar-refractivity contribution in [3.63, 3.8) is 0 Å². The number of anilines is 2.